The number of carbonyl (C=O) groups excluding carboxylic acids is 1. The SMILES string of the molecule is COc1cc(/C=C/C(=O)OC[C@H]2O[C@@H](O[C@H]3[C@H](Oc4c(-c5ccc(O)cc5)oc5cc(O)cc(O)c5c4=O)O[C@H](CO)[C@@H](O)[C@@H]3O)[C@H](O)[C@@H](O)[C@@H]2O)ccc1O. The number of carbonyl (C=O) groups is 1. The number of esters is 1. The summed E-state index contributed by atoms with van der Waals surface area (Å²) in [6.45, 7) is -1.57. The summed E-state index contributed by atoms with van der Waals surface area (Å²) in [4.78, 5) is 26.5. The fraction of sp³-hybridized carbons (Fsp3) is 0.351. The Kier molecular flexibility index (Phi) is 12.0. The maximum atomic E-state index is 13.9. The Labute approximate surface area is 315 Å². The van der Waals surface area contributed by atoms with E-state index in [1.54, 1.807) is 0 Å². The Hall–Kier alpha value is -5.48. The molecule has 4 aromatic rings. The van der Waals surface area contributed by atoms with Crippen LogP contribution >= 0.6 is 0 Å². The zero-order chi connectivity index (χ0) is 40.4. The van der Waals surface area contributed by atoms with Gasteiger partial charge in [0, 0.05) is 23.8 Å². The molecule has 2 saturated heterocycles. The molecular formula is C37H38O19. The third-order valence-electron chi connectivity index (χ3n) is 9.07. The van der Waals surface area contributed by atoms with E-state index in [9.17, 15) is 60.7 Å². The van der Waals surface area contributed by atoms with Gasteiger partial charge in [-0.15, -0.1) is 0 Å². The molecule has 2 aliphatic rings. The maximum absolute atomic E-state index is 13.9. The number of rotatable bonds is 11. The number of aliphatic hydroxyl groups is 6. The third kappa shape index (κ3) is 8.21. The minimum absolute atomic E-state index is 0.124. The molecule has 10 N–H and O–H groups in total. The summed E-state index contributed by atoms with van der Waals surface area (Å²) in [6.07, 6.45) is -16.3. The fourth-order valence-electron chi connectivity index (χ4n) is 6.09. The molecule has 19 nitrogen and oxygen atoms in total. The van der Waals surface area contributed by atoms with Crippen LogP contribution in [0.1, 0.15) is 5.56 Å². The molecule has 0 amide bonds. The summed E-state index contributed by atoms with van der Waals surface area (Å²) in [5, 5.41) is 104. The van der Waals surface area contributed by atoms with E-state index >= 15 is 0 Å². The van der Waals surface area contributed by atoms with E-state index in [2.05, 4.69) is 0 Å². The van der Waals surface area contributed by atoms with Gasteiger partial charge in [0.25, 0.3) is 0 Å². The highest BCUT2D eigenvalue weighted by molar-refractivity contribution is 5.88. The molecule has 300 valence electrons. The lowest BCUT2D eigenvalue weighted by molar-refractivity contribution is -0.358. The molecule has 6 rings (SSSR count). The molecule has 3 aromatic carbocycles. The van der Waals surface area contributed by atoms with Crippen LogP contribution in [-0.2, 0) is 23.7 Å². The standard InChI is InChI=1S/C37H38O19/c1-50-21-10-15(2-8-19(21)41)3-9-25(43)51-14-24-28(45)30(47)32(49)36(54-24)56-35-31(48)27(44)23(13-38)53-37(35)55-34-29(46)26-20(42)11-18(40)12-22(26)52-33(34)16-4-6-17(39)7-5-16/h2-12,23-24,27-28,30-32,35-42,44-45,47-49H,13-14H2,1H3/b9-3+/t23-,24-,27-,28-,30+,31+,32-,35-,36+,37+/m1/s1. The van der Waals surface area contributed by atoms with Gasteiger partial charge in [-0.05, 0) is 48.0 Å². The molecule has 0 unspecified atom stereocenters. The van der Waals surface area contributed by atoms with Gasteiger partial charge in [-0.2, -0.15) is 0 Å². The first-order valence-electron chi connectivity index (χ1n) is 16.9. The second-order valence-corrected chi connectivity index (χ2v) is 12.8. The number of phenols is 4. The molecule has 2 aliphatic heterocycles. The highest BCUT2D eigenvalue weighted by Gasteiger charge is 2.52. The Bertz CT molecular complexity index is 2120. The lowest BCUT2D eigenvalue weighted by atomic mass is 9.97. The van der Waals surface area contributed by atoms with Crippen LogP contribution in [0.5, 0.6) is 34.5 Å². The second kappa shape index (κ2) is 16.7. The minimum atomic E-state index is -2.04. The highest BCUT2D eigenvalue weighted by atomic mass is 16.8. The zero-order valence-electron chi connectivity index (χ0n) is 29.2. The number of aliphatic hydroxyl groups excluding tert-OH is 6. The Morgan fingerprint density at radius 1 is 0.786 bits per heavy atom. The molecule has 0 aliphatic carbocycles. The van der Waals surface area contributed by atoms with Crippen molar-refractivity contribution in [3.05, 3.63) is 76.5 Å². The summed E-state index contributed by atoms with van der Waals surface area (Å²) in [6, 6.07) is 11.4. The van der Waals surface area contributed by atoms with E-state index in [4.69, 9.17) is 32.8 Å². The molecule has 10 atom stereocenters. The van der Waals surface area contributed by atoms with Crippen molar-refractivity contribution in [1.29, 1.82) is 0 Å². The van der Waals surface area contributed by atoms with Crippen molar-refractivity contribution in [2.45, 2.75) is 61.4 Å². The fourth-order valence-corrected chi connectivity index (χ4v) is 6.09. The van der Waals surface area contributed by atoms with Crippen LogP contribution in [0.15, 0.2) is 69.9 Å². The van der Waals surface area contributed by atoms with Gasteiger partial charge in [0.05, 0.1) is 13.7 Å². The van der Waals surface area contributed by atoms with Gasteiger partial charge >= 0.3 is 5.97 Å². The van der Waals surface area contributed by atoms with Crippen LogP contribution in [0.25, 0.3) is 28.4 Å². The van der Waals surface area contributed by atoms with Crippen molar-refractivity contribution in [2.24, 2.45) is 0 Å². The summed E-state index contributed by atoms with van der Waals surface area (Å²) in [5.41, 5.74) is -0.715. The molecule has 1 aromatic heterocycles. The van der Waals surface area contributed by atoms with Crippen LogP contribution in [0, 0.1) is 0 Å². The topological polar surface area (TPSA) is 305 Å². The van der Waals surface area contributed by atoms with E-state index in [-0.39, 0.29) is 34.2 Å². The van der Waals surface area contributed by atoms with Gasteiger partial charge in [-0.25, -0.2) is 4.79 Å². The van der Waals surface area contributed by atoms with Gasteiger partial charge in [-0.3, -0.25) is 4.79 Å². The average Bonchev–Trinajstić information content (AvgIpc) is 3.17. The monoisotopic (exact) mass is 786 g/mol. The number of hydrogen-bond acceptors (Lipinski definition) is 19. The third-order valence-corrected chi connectivity index (χ3v) is 9.07. The molecular weight excluding hydrogens is 748 g/mol. The van der Waals surface area contributed by atoms with Crippen molar-refractivity contribution >= 4 is 23.0 Å². The van der Waals surface area contributed by atoms with Crippen molar-refractivity contribution in [3.63, 3.8) is 0 Å². The Morgan fingerprint density at radius 2 is 1.48 bits per heavy atom. The number of benzene rings is 3. The largest absolute Gasteiger partial charge is 0.508 e. The number of methoxy groups -OCH3 is 1. The van der Waals surface area contributed by atoms with Crippen LogP contribution in [0.3, 0.4) is 0 Å². The normalized spacial score (nSPS) is 28.0. The predicted molar refractivity (Wildman–Crippen MR) is 188 cm³/mol. The van der Waals surface area contributed by atoms with Crippen molar-refractivity contribution < 1.29 is 88.7 Å². The molecule has 19 heteroatoms. The van der Waals surface area contributed by atoms with Gasteiger partial charge in [0.2, 0.25) is 17.5 Å². The van der Waals surface area contributed by atoms with Gasteiger partial charge in [0.1, 0.15) is 77.6 Å². The number of ether oxygens (including phenoxy) is 6. The molecule has 0 radical (unpaired) electrons. The molecule has 56 heavy (non-hydrogen) atoms. The van der Waals surface area contributed by atoms with Crippen LogP contribution in [0.2, 0.25) is 0 Å². The Balaban J connectivity index is 1.27. The molecule has 0 spiro atoms. The molecule has 0 saturated carbocycles. The Morgan fingerprint density at radius 3 is 2.18 bits per heavy atom. The van der Waals surface area contributed by atoms with Crippen molar-refractivity contribution in [1.82, 2.24) is 0 Å². The van der Waals surface area contributed by atoms with Gasteiger partial charge in [0.15, 0.2) is 29.7 Å². The van der Waals surface area contributed by atoms with Crippen molar-refractivity contribution in [3.8, 4) is 45.8 Å². The average molecular weight is 787 g/mol. The van der Waals surface area contributed by atoms with E-state index in [1.165, 1.54) is 55.7 Å². The maximum Gasteiger partial charge on any atom is 0.330 e. The minimum Gasteiger partial charge on any atom is -0.508 e. The first kappa shape index (κ1) is 40.2. The summed E-state index contributed by atoms with van der Waals surface area (Å²) < 4.78 is 39.2. The highest BCUT2D eigenvalue weighted by Crippen LogP contribution is 2.38. The number of phenolic OH excluding ortho intramolecular Hbond substituents is 4. The van der Waals surface area contributed by atoms with Gasteiger partial charge < -0.3 is 83.9 Å². The van der Waals surface area contributed by atoms with Crippen LogP contribution in [0.4, 0.5) is 0 Å². The summed E-state index contributed by atoms with van der Waals surface area (Å²) in [7, 11) is 1.34. The number of fused-ring (bicyclic) bond motifs is 1. The van der Waals surface area contributed by atoms with Crippen LogP contribution < -0.4 is 14.9 Å². The van der Waals surface area contributed by atoms with E-state index in [0.717, 1.165) is 18.2 Å². The summed E-state index contributed by atoms with van der Waals surface area (Å²) in [5.74, 6) is -3.21. The number of hydrogen-bond donors (Lipinski definition) is 10. The van der Waals surface area contributed by atoms with Gasteiger partial charge in [-0.1, -0.05) is 6.07 Å². The first-order chi connectivity index (χ1) is 26.7. The zero-order valence-corrected chi connectivity index (χ0v) is 29.2. The molecule has 3 heterocycles. The first-order valence-corrected chi connectivity index (χ1v) is 16.9. The van der Waals surface area contributed by atoms with Crippen molar-refractivity contribution in [2.75, 3.05) is 20.3 Å². The lowest BCUT2D eigenvalue weighted by Crippen LogP contribution is -2.65. The lowest BCUT2D eigenvalue weighted by Gasteiger charge is -2.45. The van der Waals surface area contributed by atoms with Crippen LogP contribution in [-0.4, -0.2) is 139 Å². The smallest absolute Gasteiger partial charge is 0.330 e. The van der Waals surface area contributed by atoms with E-state index in [0.29, 0.717) is 5.56 Å². The second-order valence-electron chi connectivity index (χ2n) is 12.8. The number of aromatic hydroxyl groups is 4. The quantitative estimate of drug-likeness (QED) is 0.0680. The van der Waals surface area contributed by atoms with E-state index < -0.39 is 109 Å². The summed E-state index contributed by atoms with van der Waals surface area (Å²) >= 11 is 0. The van der Waals surface area contributed by atoms with E-state index in [1.807, 2.05) is 0 Å². The molecule has 2 fully saturated rings. The molecule has 0 bridgehead atoms. The predicted octanol–water partition coefficient (Wildman–Crippen LogP) is -0.442.